The van der Waals surface area contributed by atoms with E-state index in [1.807, 2.05) is 0 Å². The number of nitrogens with one attached hydrogen (secondary N) is 1. The van der Waals surface area contributed by atoms with Gasteiger partial charge in [0.25, 0.3) is 0 Å². The predicted octanol–water partition coefficient (Wildman–Crippen LogP) is 3.76. The Kier molecular flexibility index (Phi) is 2.69. The Hall–Kier alpha value is -1.60. The van der Waals surface area contributed by atoms with Crippen molar-refractivity contribution in [1.82, 2.24) is 5.32 Å². The third-order valence-corrected chi connectivity index (χ3v) is 3.43. The maximum absolute atomic E-state index is 3.64. The van der Waals surface area contributed by atoms with Gasteiger partial charge in [0.05, 0.1) is 6.04 Å². The molecule has 0 amide bonds. The van der Waals surface area contributed by atoms with E-state index in [0.29, 0.717) is 6.04 Å². The van der Waals surface area contributed by atoms with E-state index < -0.39 is 0 Å². The smallest absolute Gasteiger partial charge is 0.0588 e. The van der Waals surface area contributed by atoms with Crippen LogP contribution < -0.4 is 5.32 Å². The molecule has 2 aromatic carbocycles. The zero-order valence-corrected chi connectivity index (χ0v) is 10.1. The van der Waals surface area contributed by atoms with Crippen LogP contribution in [0.4, 0.5) is 0 Å². The SMILES string of the molecule is CCCNC1c2ccccc2-c2ccccc21. The number of hydrogen-bond acceptors (Lipinski definition) is 1. The molecule has 0 atom stereocenters. The van der Waals surface area contributed by atoms with E-state index in [-0.39, 0.29) is 0 Å². The first-order valence-corrected chi connectivity index (χ1v) is 6.33. The summed E-state index contributed by atoms with van der Waals surface area (Å²) < 4.78 is 0. The summed E-state index contributed by atoms with van der Waals surface area (Å²) in [6.45, 7) is 3.27. The fraction of sp³-hybridized carbons (Fsp3) is 0.250. The minimum absolute atomic E-state index is 0.377. The molecule has 0 unspecified atom stereocenters. The molecule has 3 rings (SSSR count). The minimum Gasteiger partial charge on any atom is -0.306 e. The van der Waals surface area contributed by atoms with Crippen LogP contribution in [0.25, 0.3) is 11.1 Å². The first-order valence-electron chi connectivity index (χ1n) is 6.33. The van der Waals surface area contributed by atoms with Gasteiger partial charge in [0.1, 0.15) is 0 Å². The van der Waals surface area contributed by atoms with Crippen LogP contribution in [0.2, 0.25) is 0 Å². The molecule has 17 heavy (non-hydrogen) atoms. The molecule has 1 heteroatoms. The standard InChI is InChI=1S/C16H17N/c1-2-11-17-16-14-9-5-3-7-12(14)13-8-4-6-10-15(13)16/h3-10,16-17H,2,11H2,1H3. The van der Waals surface area contributed by atoms with Gasteiger partial charge in [-0.05, 0) is 35.2 Å². The molecule has 0 saturated heterocycles. The van der Waals surface area contributed by atoms with Crippen LogP contribution in [-0.4, -0.2) is 6.54 Å². The normalized spacial score (nSPS) is 13.5. The molecule has 0 saturated carbocycles. The maximum Gasteiger partial charge on any atom is 0.0588 e. The number of hydrogen-bond donors (Lipinski definition) is 1. The molecule has 86 valence electrons. The number of fused-ring (bicyclic) bond motifs is 3. The summed E-state index contributed by atoms with van der Waals surface area (Å²) >= 11 is 0. The van der Waals surface area contributed by atoms with Crippen LogP contribution >= 0.6 is 0 Å². The molecule has 1 aliphatic rings. The monoisotopic (exact) mass is 223 g/mol. The van der Waals surface area contributed by atoms with Crippen molar-refractivity contribution < 1.29 is 0 Å². The van der Waals surface area contributed by atoms with Gasteiger partial charge in [0, 0.05) is 0 Å². The summed E-state index contributed by atoms with van der Waals surface area (Å²) in [6.07, 6.45) is 1.17. The van der Waals surface area contributed by atoms with E-state index >= 15 is 0 Å². The summed E-state index contributed by atoms with van der Waals surface area (Å²) in [6, 6.07) is 17.8. The molecule has 0 aromatic heterocycles. The van der Waals surface area contributed by atoms with E-state index in [9.17, 15) is 0 Å². The van der Waals surface area contributed by atoms with Crippen LogP contribution in [-0.2, 0) is 0 Å². The van der Waals surface area contributed by atoms with Crippen molar-refractivity contribution in [2.24, 2.45) is 0 Å². The van der Waals surface area contributed by atoms with E-state index in [0.717, 1.165) is 6.54 Å². The fourth-order valence-corrected chi connectivity index (χ4v) is 2.66. The van der Waals surface area contributed by atoms with Gasteiger partial charge in [-0.1, -0.05) is 55.5 Å². The van der Waals surface area contributed by atoms with Gasteiger partial charge in [-0.25, -0.2) is 0 Å². The quantitative estimate of drug-likeness (QED) is 0.835. The second-order valence-electron chi connectivity index (χ2n) is 4.56. The zero-order chi connectivity index (χ0) is 11.7. The third-order valence-electron chi connectivity index (χ3n) is 3.43. The molecular weight excluding hydrogens is 206 g/mol. The number of rotatable bonds is 3. The molecule has 1 nitrogen and oxygen atoms in total. The summed E-state index contributed by atoms with van der Waals surface area (Å²) in [4.78, 5) is 0. The van der Waals surface area contributed by atoms with Crippen LogP contribution in [0.5, 0.6) is 0 Å². The molecule has 0 aliphatic heterocycles. The Bertz CT molecular complexity index is 485. The summed E-state index contributed by atoms with van der Waals surface area (Å²) in [5.74, 6) is 0. The maximum atomic E-state index is 3.64. The molecule has 0 heterocycles. The lowest BCUT2D eigenvalue weighted by Crippen LogP contribution is -2.21. The van der Waals surface area contributed by atoms with Crippen molar-refractivity contribution >= 4 is 0 Å². The zero-order valence-electron chi connectivity index (χ0n) is 10.1. The van der Waals surface area contributed by atoms with Crippen molar-refractivity contribution in [1.29, 1.82) is 0 Å². The molecule has 2 aromatic rings. The molecule has 0 fully saturated rings. The molecule has 1 aliphatic carbocycles. The highest BCUT2D eigenvalue weighted by Gasteiger charge is 2.26. The van der Waals surface area contributed by atoms with Crippen molar-refractivity contribution in [3.8, 4) is 11.1 Å². The lowest BCUT2D eigenvalue weighted by Gasteiger charge is -2.14. The van der Waals surface area contributed by atoms with Gasteiger partial charge in [0.15, 0.2) is 0 Å². The van der Waals surface area contributed by atoms with Gasteiger partial charge in [-0.2, -0.15) is 0 Å². The van der Waals surface area contributed by atoms with E-state index in [1.165, 1.54) is 28.7 Å². The molecule has 1 N–H and O–H groups in total. The fourth-order valence-electron chi connectivity index (χ4n) is 2.66. The highest BCUT2D eigenvalue weighted by molar-refractivity contribution is 5.78. The first-order chi connectivity index (χ1) is 8.42. The Balaban J connectivity index is 2.10. The summed E-state index contributed by atoms with van der Waals surface area (Å²) in [7, 11) is 0. The molecular formula is C16H17N. The van der Waals surface area contributed by atoms with Crippen LogP contribution in [0, 0.1) is 0 Å². The van der Waals surface area contributed by atoms with Crippen LogP contribution in [0.15, 0.2) is 48.5 Å². The van der Waals surface area contributed by atoms with E-state index in [1.54, 1.807) is 0 Å². The summed E-state index contributed by atoms with van der Waals surface area (Å²) in [5, 5.41) is 3.64. The van der Waals surface area contributed by atoms with Crippen molar-refractivity contribution in [2.75, 3.05) is 6.54 Å². The highest BCUT2D eigenvalue weighted by Crippen LogP contribution is 2.42. The number of benzene rings is 2. The molecule has 0 radical (unpaired) electrons. The van der Waals surface area contributed by atoms with Gasteiger partial charge in [-0.15, -0.1) is 0 Å². The topological polar surface area (TPSA) is 12.0 Å². The Labute approximate surface area is 102 Å². The van der Waals surface area contributed by atoms with Crippen molar-refractivity contribution in [3.05, 3.63) is 59.7 Å². The Morgan fingerprint density at radius 3 is 1.94 bits per heavy atom. The molecule has 0 spiro atoms. The second-order valence-corrected chi connectivity index (χ2v) is 4.56. The van der Waals surface area contributed by atoms with Gasteiger partial charge in [-0.3, -0.25) is 0 Å². The van der Waals surface area contributed by atoms with Gasteiger partial charge in [0.2, 0.25) is 0 Å². The largest absolute Gasteiger partial charge is 0.306 e. The third kappa shape index (κ3) is 1.67. The lowest BCUT2D eigenvalue weighted by molar-refractivity contribution is 0.608. The van der Waals surface area contributed by atoms with Crippen molar-refractivity contribution in [3.63, 3.8) is 0 Å². The van der Waals surface area contributed by atoms with Crippen LogP contribution in [0.3, 0.4) is 0 Å². The average Bonchev–Trinajstić information content (AvgIpc) is 2.71. The second kappa shape index (κ2) is 4.34. The lowest BCUT2D eigenvalue weighted by atomic mass is 10.1. The van der Waals surface area contributed by atoms with Crippen molar-refractivity contribution in [2.45, 2.75) is 19.4 Å². The van der Waals surface area contributed by atoms with E-state index in [2.05, 4.69) is 60.8 Å². The molecule has 0 bridgehead atoms. The van der Waals surface area contributed by atoms with Gasteiger partial charge >= 0.3 is 0 Å². The van der Waals surface area contributed by atoms with Gasteiger partial charge < -0.3 is 5.32 Å². The summed E-state index contributed by atoms with van der Waals surface area (Å²) in [5.41, 5.74) is 5.61. The minimum atomic E-state index is 0.377. The Morgan fingerprint density at radius 1 is 0.882 bits per heavy atom. The van der Waals surface area contributed by atoms with Crippen LogP contribution in [0.1, 0.15) is 30.5 Å². The van der Waals surface area contributed by atoms with E-state index in [4.69, 9.17) is 0 Å². The Morgan fingerprint density at radius 2 is 1.41 bits per heavy atom. The highest BCUT2D eigenvalue weighted by atomic mass is 14.9. The first kappa shape index (κ1) is 10.5. The predicted molar refractivity (Wildman–Crippen MR) is 72.0 cm³/mol. The average molecular weight is 223 g/mol.